The molecular weight excluding hydrogens is 333 g/mol. The first-order chi connectivity index (χ1) is 12.7. The average Bonchev–Trinajstić information content (AvgIpc) is 2.68. The molecular formula is C19H20FN5O. The van der Waals surface area contributed by atoms with Gasteiger partial charge in [0.2, 0.25) is 5.95 Å². The van der Waals surface area contributed by atoms with Gasteiger partial charge in [0.05, 0.1) is 5.39 Å². The largest absolute Gasteiger partial charge is 0.340 e. The summed E-state index contributed by atoms with van der Waals surface area (Å²) in [5, 5.41) is 0.426. The molecule has 4 rings (SSSR count). The lowest BCUT2D eigenvalue weighted by molar-refractivity contribution is 0.270. The predicted molar refractivity (Wildman–Crippen MR) is 99.9 cm³/mol. The van der Waals surface area contributed by atoms with Crippen molar-refractivity contribution in [2.75, 3.05) is 37.6 Å². The van der Waals surface area contributed by atoms with Crippen LogP contribution < -0.4 is 10.5 Å². The number of hydrogen-bond acceptors (Lipinski definition) is 5. The fraction of sp³-hybridized carbons (Fsp3) is 0.316. The van der Waals surface area contributed by atoms with Gasteiger partial charge < -0.3 is 9.80 Å². The lowest BCUT2D eigenvalue weighted by Crippen LogP contribution is -2.47. The van der Waals surface area contributed by atoms with Gasteiger partial charge in [-0.1, -0.05) is 19.1 Å². The number of hydrogen-bond donors (Lipinski definition) is 1. The van der Waals surface area contributed by atoms with Crippen molar-refractivity contribution in [2.45, 2.75) is 6.92 Å². The molecule has 0 atom stereocenters. The van der Waals surface area contributed by atoms with E-state index in [0.717, 1.165) is 38.3 Å². The highest BCUT2D eigenvalue weighted by molar-refractivity contribution is 5.92. The number of aromatic amines is 1. The number of halogens is 1. The molecule has 1 aliphatic rings. The highest BCUT2D eigenvalue weighted by Gasteiger charge is 2.19. The number of rotatable bonds is 3. The van der Waals surface area contributed by atoms with Crippen molar-refractivity contribution in [1.82, 2.24) is 19.9 Å². The van der Waals surface area contributed by atoms with Crippen LogP contribution in [0.5, 0.6) is 0 Å². The van der Waals surface area contributed by atoms with E-state index in [0.29, 0.717) is 22.5 Å². The molecule has 0 aliphatic carbocycles. The van der Waals surface area contributed by atoms with Crippen LogP contribution in [0.25, 0.3) is 22.2 Å². The molecule has 134 valence electrons. The first kappa shape index (κ1) is 16.7. The zero-order valence-electron chi connectivity index (χ0n) is 14.6. The molecule has 1 saturated heterocycles. The quantitative estimate of drug-likeness (QED) is 0.782. The summed E-state index contributed by atoms with van der Waals surface area (Å²) in [6.07, 6.45) is 1.63. The van der Waals surface area contributed by atoms with Crippen LogP contribution in [0.2, 0.25) is 0 Å². The number of likely N-dealkylation sites (N-methyl/N-ethyl adjacent to an activating group) is 1. The van der Waals surface area contributed by atoms with Crippen molar-refractivity contribution in [3.05, 3.63) is 52.7 Å². The summed E-state index contributed by atoms with van der Waals surface area (Å²) in [7, 11) is 0. The van der Waals surface area contributed by atoms with Crippen molar-refractivity contribution in [3.63, 3.8) is 0 Å². The minimum absolute atomic E-state index is 0.227. The van der Waals surface area contributed by atoms with E-state index in [-0.39, 0.29) is 11.4 Å². The van der Waals surface area contributed by atoms with Crippen LogP contribution in [0.4, 0.5) is 10.3 Å². The Morgan fingerprint density at radius 1 is 1.12 bits per heavy atom. The number of aromatic nitrogens is 3. The maximum Gasteiger partial charge on any atom is 0.262 e. The molecule has 0 bridgehead atoms. The molecule has 0 saturated carbocycles. The van der Waals surface area contributed by atoms with E-state index in [1.165, 1.54) is 12.1 Å². The smallest absolute Gasteiger partial charge is 0.262 e. The number of benzene rings is 1. The van der Waals surface area contributed by atoms with Crippen LogP contribution >= 0.6 is 0 Å². The molecule has 3 aromatic rings. The Bertz CT molecular complexity index is 977. The molecule has 3 heterocycles. The van der Waals surface area contributed by atoms with Gasteiger partial charge in [-0.2, -0.15) is 4.98 Å². The van der Waals surface area contributed by atoms with Crippen molar-refractivity contribution >= 4 is 17.0 Å². The van der Waals surface area contributed by atoms with Crippen molar-refractivity contribution in [2.24, 2.45) is 0 Å². The summed E-state index contributed by atoms with van der Waals surface area (Å²) in [5.41, 5.74) is 1.64. The van der Waals surface area contributed by atoms with Gasteiger partial charge in [0.1, 0.15) is 5.82 Å². The maximum absolute atomic E-state index is 13.2. The van der Waals surface area contributed by atoms with E-state index in [9.17, 15) is 9.18 Å². The molecule has 7 heteroatoms. The van der Waals surface area contributed by atoms with Gasteiger partial charge in [-0.15, -0.1) is 0 Å². The molecule has 6 nitrogen and oxygen atoms in total. The third kappa shape index (κ3) is 3.06. The van der Waals surface area contributed by atoms with Crippen molar-refractivity contribution < 1.29 is 4.39 Å². The molecule has 0 unspecified atom stereocenters. The molecule has 1 N–H and O–H groups in total. The Kier molecular flexibility index (Phi) is 4.38. The monoisotopic (exact) mass is 353 g/mol. The zero-order valence-corrected chi connectivity index (χ0v) is 14.6. The van der Waals surface area contributed by atoms with E-state index < -0.39 is 0 Å². The third-order valence-electron chi connectivity index (χ3n) is 4.87. The Balaban J connectivity index is 1.75. The summed E-state index contributed by atoms with van der Waals surface area (Å²) in [6.45, 7) is 6.70. The lowest BCUT2D eigenvalue weighted by Gasteiger charge is -2.34. The van der Waals surface area contributed by atoms with E-state index >= 15 is 0 Å². The number of nitrogens with zero attached hydrogens (tertiary/aromatic N) is 4. The van der Waals surface area contributed by atoms with Crippen molar-refractivity contribution in [3.8, 4) is 11.1 Å². The first-order valence-electron chi connectivity index (χ1n) is 8.78. The Morgan fingerprint density at radius 2 is 1.85 bits per heavy atom. The summed E-state index contributed by atoms with van der Waals surface area (Å²) in [6, 6.07) is 7.82. The number of fused-ring (bicyclic) bond motifs is 1. The Hall–Kier alpha value is -2.80. The van der Waals surface area contributed by atoms with Crippen LogP contribution in [0, 0.1) is 5.82 Å². The highest BCUT2D eigenvalue weighted by Crippen LogP contribution is 2.25. The normalized spacial score (nSPS) is 15.5. The second-order valence-corrected chi connectivity index (χ2v) is 6.37. The molecule has 1 fully saturated rings. The first-order valence-corrected chi connectivity index (χ1v) is 8.78. The molecule has 1 aliphatic heterocycles. The third-order valence-corrected chi connectivity index (χ3v) is 4.87. The molecule has 0 amide bonds. The van der Waals surface area contributed by atoms with Gasteiger partial charge in [0.25, 0.3) is 5.56 Å². The topological polar surface area (TPSA) is 65.1 Å². The minimum Gasteiger partial charge on any atom is -0.340 e. The summed E-state index contributed by atoms with van der Waals surface area (Å²) in [4.78, 5) is 29.0. The summed E-state index contributed by atoms with van der Waals surface area (Å²) < 4.78 is 13.2. The standard InChI is InChI=1S/C19H20FN5O/c1-2-24-9-11-25(12-10-24)19-22-17-16(18(26)23-19)15(7-8-21-17)13-3-5-14(20)6-4-13/h3-8H,2,9-12H2,1H3,(H,21,22,23,26). The number of piperazine rings is 1. The zero-order chi connectivity index (χ0) is 18.1. The molecule has 1 aromatic carbocycles. The van der Waals surface area contributed by atoms with Gasteiger partial charge in [-0.05, 0) is 35.9 Å². The molecule has 0 spiro atoms. The molecule has 0 radical (unpaired) electrons. The number of H-pyrrole nitrogens is 1. The van der Waals surface area contributed by atoms with E-state index in [1.54, 1.807) is 24.4 Å². The predicted octanol–water partition coefficient (Wildman–Crippen LogP) is 2.27. The van der Waals surface area contributed by atoms with Crippen LogP contribution in [-0.2, 0) is 0 Å². The Labute approximate surface area is 150 Å². The highest BCUT2D eigenvalue weighted by atomic mass is 19.1. The second kappa shape index (κ2) is 6.84. The molecule has 26 heavy (non-hydrogen) atoms. The van der Waals surface area contributed by atoms with Gasteiger partial charge in [0.15, 0.2) is 5.65 Å². The van der Waals surface area contributed by atoms with Gasteiger partial charge >= 0.3 is 0 Å². The lowest BCUT2D eigenvalue weighted by atomic mass is 10.0. The van der Waals surface area contributed by atoms with Crippen LogP contribution in [0.15, 0.2) is 41.3 Å². The van der Waals surface area contributed by atoms with Gasteiger partial charge in [0, 0.05) is 32.4 Å². The second-order valence-electron chi connectivity index (χ2n) is 6.37. The minimum atomic E-state index is -0.312. The van der Waals surface area contributed by atoms with Crippen molar-refractivity contribution in [1.29, 1.82) is 0 Å². The van der Waals surface area contributed by atoms with E-state index in [2.05, 4.69) is 31.7 Å². The number of anilines is 1. The number of pyridine rings is 1. The summed E-state index contributed by atoms with van der Waals surface area (Å²) >= 11 is 0. The Morgan fingerprint density at radius 3 is 2.54 bits per heavy atom. The summed E-state index contributed by atoms with van der Waals surface area (Å²) in [5.74, 6) is 0.245. The van der Waals surface area contributed by atoms with E-state index in [4.69, 9.17) is 0 Å². The maximum atomic E-state index is 13.2. The molecule has 2 aromatic heterocycles. The fourth-order valence-corrected chi connectivity index (χ4v) is 3.35. The average molecular weight is 353 g/mol. The van der Waals surface area contributed by atoms with Gasteiger partial charge in [-0.25, -0.2) is 9.37 Å². The van der Waals surface area contributed by atoms with E-state index in [1.807, 2.05) is 0 Å². The van der Waals surface area contributed by atoms with Crippen LogP contribution in [-0.4, -0.2) is 52.6 Å². The van der Waals surface area contributed by atoms with Crippen LogP contribution in [0.1, 0.15) is 6.92 Å². The number of nitrogens with one attached hydrogen (secondary N) is 1. The van der Waals surface area contributed by atoms with Gasteiger partial charge in [-0.3, -0.25) is 9.78 Å². The van der Waals surface area contributed by atoms with Crippen LogP contribution in [0.3, 0.4) is 0 Å². The fourth-order valence-electron chi connectivity index (χ4n) is 3.35. The SMILES string of the molecule is CCN1CCN(c2nc3nccc(-c4ccc(F)cc4)c3c(=O)[nH]2)CC1.